The van der Waals surface area contributed by atoms with Crippen LogP contribution in [0.3, 0.4) is 0 Å². The zero-order valence-electron chi connectivity index (χ0n) is 16.1. The maximum Gasteiger partial charge on any atom is 0.222 e. The van der Waals surface area contributed by atoms with Crippen LogP contribution in [0.15, 0.2) is 42.7 Å². The summed E-state index contributed by atoms with van der Waals surface area (Å²) in [6, 6.07) is 9.75. The summed E-state index contributed by atoms with van der Waals surface area (Å²) in [5, 5.41) is 4.84. The van der Waals surface area contributed by atoms with E-state index < -0.39 is 0 Å². The number of carbonyl (C=O) groups excluding carboxylic acids is 1. The average molecular weight is 379 g/mol. The number of carbonyl (C=O) groups is 1. The minimum absolute atomic E-state index is 0.194. The minimum Gasteiger partial charge on any atom is -0.492 e. The molecule has 0 spiro atoms. The molecule has 3 aromatic rings. The molecule has 1 aliphatic heterocycles. The Morgan fingerprint density at radius 1 is 1.21 bits per heavy atom. The van der Waals surface area contributed by atoms with Crippen molar-refractivity contribution in [2.45, 2.75) is 38.6 Å². The number of nitrogens with zero attached hydrogens (tertiary/aromatic N) is 5. The van der Waals surface area contributed by atoms with E-state index in [1.807, 2.05) is 46.8 Å². The second-order valence-corrected chi connectivity index (χ2v) is 7.03. The molecule has 0 N–H and O–H groups in total. The molecule has 1 unspecified atom stereocenters. The van der Waals surface area contributed by atoms with Crippen molar-refractivity contribution in [3.05, 3.63) is 48.4 Å². The largest absolute Gasteiger partial charge is 0.492 e. The van der Waals surface area contributed by atoms with Crippen LogP contribution >= 0.6 is 0 Å². The maximum atomic E-state index is 12.1. The van der Waals surface area contributed by atoms with Gasteiger partial charge in [0.2, 0.25) is 5.91 Å². The highest BCUT2D eigenvalue weighted by Gasteiger charge is 2.28. The molecule has 4 rings (SSSR count). The Kier molecular flexibility index (Phi) is 5.50. The Bertz CT molecular complexity index is 940. The van der Waals surface area contributed by atoms with E-state index in [4.69, 9.17) is 9.84 Å². The van der Waals surface area contributed by atoms with Crippen molar-refractivity contribution in [3.8, 4) is 5.75 Å². The standard InChI is InChI=1S/C21H25N5O2/c1-2-18(27)25-12-6-7-16(15-25)19-20-21(23-11-10-22-20)26(24-19)13-14-28-17-8-4-3-5-9-17/h3-5,8-11,16H,2,6-7,12-15H2,1H3. The third-order valence-electron chi connectivity index (χ3n) is 5.17. The van der Waals surface area contributed by atoms with Crippen LogP contribution in [0.4, 0.5) is 0 Å². The molecule has 7 nitrogen and oxygen atoms in total. The van der Waals surface area contributed by atoms with Gasteiger partial charge in [0, 0.05) is 37.8 Å². The van der Waals surface area contributed by atoms with Crippen LogP contribution in [0, 0.1) is 0 Å². The Balaban J connectivity index is 1.53. The number of aromatic nitrogens is 4. The van der Waals surface area contributed by atoms with Crippen molar-refractivity contribution < 1.29 is 9.53 Å². The van der Waals surface area contributed by atoms with Gasteiger partial charge in [-0.15, -0.1) is 0 Å². The number of fused-ring (bicyclic) bond motifs is 1. The van der Waals surface area contributed by atoms with Gasteiger partial charge in [0.15, 0.2) is 5.65 Å². The van der Waals surface area contributed by atoms with Gasteiger partial charge in [-0.1, -0.05) is 25.1 Å². The van der Waals surface area contributed by atoms with E-state index in [1.165, 1.54) is 0 Å². The first-order valence-electron chi connectivity index (χ1n) is 9.89. The summed E-state index contributed by atoms with van der Waals surface area (Å²) >= 11 is 0. The predicted octanol–water partition coefficient (Wildman–Crippen LogP) is 3.02. The molecule has 2 aromatic heterocycles. The van der Waals surface area contributed by atoms with E-state index in [9.17, 15) is 4.79 Å². The Morgan fingerprint density at radius 3 is 2.86 bits per heavy atom. The molecule has 0 saturated carbocycles. The lowest BCUT2D eigenvalue weighted by Crippen LogP contribution is -2.38. The SMILES string of the molecule is CCC(=O)N1CCCC(c2nn(CCOc3ccccc3)c3nccnc23)C1. The number of para-hydroxylation sites is 1. The third kappa shape index (κ3) is 3.83. The predicted molar refractivity (Wildman–Crippen MR) is 106 cm³/mol. The summed E-state index contributed by atoms with van der Waals surface area (Å²) < 4.78 is 7.69. The number of hydrogen-bond acceptors (Lipinski definition) is 5. The van der Waals surface area contributed by atoms with Gasteiger partial charge in [0.1, 0.15) is 17.9 Å². The van der Waals surface area contributed by atoms with Crippen LogP contribution in [0.25, 0.3) is 11.2 Å². The van der Waals surface area contributed by atoms with Crippen molar-refractivity contribution in [3.63, 3.8) is 0 Å². The summed E-state index contributed by atoms with van der Waals surface area (Å²) in [7, 11) is 0. The summed E-state index contributed by atoms with van der Waals surface area (Å²) in [4.78, 5) is 23.1. The number of piperidine rings is 1. The summed E-state index contributed by atoms with van der Waals surface area (Å²) in [6.07, 6.45) is 5.93. The van der Waals surface area contributed by atoms with E-state index in [2.05, 4.69) is 9.97 Å². The van der Waals surface area contributed by atoms with Crippen LogP contribution in [-0.4, -0.2) is 50.3 Å². The van der Waals surface area contributed by atoms with Gasteiger partial charge in [0.25, 0.3) is 0 Å². The zero-order chi connectivity index (χ0) is 19.3. The lowest BCUT2D eigenvalue weighted by atomic mass is 9.94. The smallest absolute Gasteiger partial charge is 0.222 e. The van der Waals surface area contributed by atoms with Gasteiger partial charge in [-0.2, -0.15) is 5.10 Å². The van der Waals surface area contributed by atoms with Gasteiger partial charge in [-0.3, -0.25) is 4.79 Å². The molecule has 0 bridgehead atoms. The number of likely N-dealkylation sites (tertiary alicyclic amines) is 1. The van der Waals surface area contributed by atoms with Gasteiger partial charge in [-0.25, -0.2) is 14.6 Å². The number of benzene rings is 1. The van der Waals surface area contributed by atoms with Crippen LogP contribution in [0.1, 0.15) is 37.8 Å². The van der Waals surface area contributed by atoms with E-state index >= 15 is 0 Å². The highest BCUT2D eigenvalue weighted by Crippen LogP contribution is 2.30. The van der Waals surface area contributed by atoms with Crippen LogP contribution < -0.4 is 4.74 Å². The van der Waals surface area contributed by atoms with Crippen LogP contribution in [0.2, 0.25) is 0 Å². The number of ether oxygens (including phenoxy) is 1. The monoisotopic (exact) mass is 379 g/mol. The topological polar surface area (TPSA) is 73.1 Å². The molecule has 7 heteroatoms. The second-order valence-electron chi connectivity index (χ2n) is 7.03. The Hall–Kier alpha value is -2.96. The first-order valence-corrected chi connectivity index (χ1v) is 9.89. The van der Waals surface area contributed by atoms with Crippen molar-refractivity contribution in [1.29, 1.82) is 0 Å². The van der Waals surface area contributed by atoms with Gasteiger partial charge in [0.05, 0.1) is 12.2 Å². The first-order chi connectivity index (χ1) is 13.8. The molecular weight excluding hydrogens is 354 g/mol. The summed E-state index contributed by atoms with van der Waals surface area (Å²) in [5.74, 6) is 1.24. The lowest BCUT2D eigenvalue weighted by Gasteiger charge is -2.31. The minimum atomic E-state index is 0.194. The first kappa shape index (κ1) is 18.4. The molecule has 0 aliphatic carbocycles. The Labute approximate surface area is 164 Å². The molecule has 1 saturated heterocycles. The van der Waals surface area contributed by atoms with E-state index in [-0.39, 0.29) is 11.8 Å². The molecule has 1 aromatic carbocycles. The van der Waals surface area contributed by atoms with Crippen molar-refractivity contribution in [2.24, 2.45) is 0 Å². The van der Waals surface area contributed by atoms with Crippen LogP contribution in [-0.2, 0) is 11.3 Å². The molecular formula is C21H25N5O2. The summed E-state index contributed by atoms with van der Waals surface area (Å²) in [5.41, 5.74) is 2.54. The van der Waals surface area contributed by atoms with Crippen LogP contribution in [0.5, 0.6) is 5.75 Å². The maximum absolute atomic E-state index is 12.1. The Morgan fingerprint density at radius 2 is 2.04 bits per heavy atom. The lowest BCUT2D eigenvalue weighted by molar-refractivity contribution is -0.132. The van der Waals surface area contributed by atoms with E-state index in [0.717, 1.165) is 42.0 Å². The molecule has 1 atom stereocenters. The fourth-order valence-electron chi connectivity index (χ4n) is 3.77. The molecule has 146 valence electrons. The average Bonchev–Trinajstić information content (AvgIpc) is 3.13. The summed E-state index contributed by atoms with van der Waals surface area (Å²) in [6.45, 7) is 4.54. The number of rotatable bonds is 6. The van der Waals surface area contributed by atoms with E-state index in [1.54, 1.807) is 12.4 Å². The molecule has 3 heterocycles. The normalized spacial score (nSPS) is 17.0. The fourth-order valence-corrected chi connectivity index (χ4v) is 3.77. The molecule has 28 heavy (non-hydrogen) atoms. The van der Waals surface area contributed by atoms with Crippen molar-refractivity contribution in [2.75, 3.05) is 19.7 Å². The van der Waals surface area contributed by atoms with Gasteiger partial charge in [-0.05, 0) is 25.0 Å². The van der Waals surface area contributed by atoms with E-state index in [0.29, 0.717) is 26.1 Å². The van der Waals surface area contributed by atoms with Crippen molar-refractivity contribution in [1.82, 2.24) is 24.6 Å². The molecule has 1 amide bonds. The fraction of sp³-hybridized carbons (Fsp3) is 0.429. The van der Waals surface area contributed by atoms with Gasteiger partial charge < -0.3 is 9.64 Å². The molecule has 0 radical (unpaired) electrons. The zero-order valence-corrected chi connectivity index (χ0v) is 16.1. The number of hydrogen-bond donors (Lipinski definition) is 0. The number of amides is 1. The highest BCUT2D eigenvalue weighted by atomic mass is 16.5. The molecule has 1 aliphatic rings. The second kappa shape index (κ2) is 8.37. The van der Waals surface area contributed by atoms with Gasteiger partial charge >= 0.3 is 0 Å². The molecule has 1 fully saturated rings. The quantitative estimate of drug-likeness (QED) is 0.658. The highest BCUT2D eigenvalue weighted by molar-refractivity contribution is 5.77. The third-order valence-corrected chi connectivity index (χ3v) is 5.17. The van der Waals surface area contributed by atoms with Crippen molar-refractivity contribution >= 4 is 17.1 Å².